The SMILES string of the molecule is Cc1ccc(S(=O)(=O)OC2CCC3(CCC3)OC2)cc1. The first-order valence-corrected chi connectivity index (χ1v) is 8.54. The normalized spacial score (nSPS) is 25.4. The summed E-state index contributed by atoms with van der Waals surface area (Å²) in [6.07, 6.45) is 4.72. The molecule has 0 amide bonds. The van der Waals surface area contributed by atoms with Gasteiger partial charge in [-0.25, -0.2) is 0 Å². The minimum atomic E-state index is -3.68. The summed E-state index contributed by atoms with van der Waals surface area (Å²) in [6, 6.07) is 6.72. The first kappa shape index (κ1) is 14.0. The van der Waals surface area contributed by atoms with Crippen LogP contribution in [0.1, 0.15) is 37.7 Å². The van der Waals surface area contributed by atoms with E-state index in [1.54, 1.807) is 24.3 Å². The molecule has 1 aromatic rings. The minimum absolute atomic E-state index is 0.0352. The number of benzene rings is 1. The van der Waals surface area contributed by atoms with Gasteiger partial charge in [-0.05, 0) is 51.2 Å². The van der Waals surface area contributed by atoms with E-state index in [0.29, 0.717) is 6.61 Å². The smallest absolute Gasteiger partial charge is 0.297 e. The molecule has 0 radical (unpaired) electrons. The Balaban J connectivity index is 1.63. The van der Waals surface area contributed by atoms with Crippen LogP contribution in [0.2, 0.25) is 0 Å². The Kier molecular flexibility index (Phi) is 3.60. The predicted molar refractivity (Wildman–Crippen MR) is 75.0 cm³/mol. The monoisotopic (exact) mass is 296 g/mol. The van der Waals surface area contributed by atoms with Crippen LogP contribution in [-0.4, -0.2) is 26.7 Å². The highest BCUT2D eigenvalue weighted by Crippen LogP contribution is 2.42. The summed E-state index contributed by atoms with van der Waals surface area (Å²) in [5, 5.41) is 0. The van der Waals surface area contributed by atoms with Crippen molar-refractivity contribution in [3.8, 4) is 0 Å². The first-order valence-electron chi connectivity index (χ1n) is 7.13. The molecular formula is C15H20O4S. The molecule has 4 nitrogen and oxygen atoms in total. The molecule has 2 aliphatic rings. The summed E-state index contributed by atoms with van der Waals surface area (Å²) >= 11 is 0. The summed E-state index contributed by atoms with van der Waals surface area (Å²) in [7, 11) is -3.68. The topological polar surface area (TPSA) is 52.6 Å². The van der Waals surface area contributed by atoms with E-state index in [9.17, 15) is 8.42 Å². The lowest BCUT2D eigenvalue weighted by atomic mass is 9.75. The van der Waals surface area contributed by atoms with Gasteiger partial charge < -0.3 is 4.74 Å². The third kappa shape index (κ3) is 2.75. The zero-order valence-corrected chi connectivity index (χ0v) is 12.5. The highest BCUT2D eigenvalue weighted by Gasteiger charge is 2.42. The van der Waals surface area contributed by atoms with Crippen molar-refractivity contribution in [3.05, 3.63) is 29.8 Å². The molecule has 1 atom stereocenters. The zero-order chi connectivity index (χ0) is 14.2. The van der Waals surface area contributed by atoms with E-state index in [4.69, 9.17) is 8.92 Å². The minimum Gasteiger partial charge on any atom is -0.372 e. The third-order valence-electron chi connectivity index (χ3n) is 4.33. The Morgan fingerprint density at radius 1 is 1.20 bits per heavy atom. The second-order valence-corrected chi connectivity index (χ2v) is 7.44. The highest BCUT2D eigenvalue weighted by atomic mass is 32.2. The maximum atomic E-state index is 12.2. The van der Waals surface area contributed by atoms with Crippen LogP contribution in [0, 0.1) is 6.92 Å². The van der Waals surface area contributed by atoms with Crippen molar-refractivity contribution in [2.75, 3.05) is 6.61 Å². The molecule has 1 aromatic carbocycles. The fourth-order valence-electron chi connectivity index (χ4n) is 2.83. The van der Waals surface area contributed by atoms with Gasteiger partial charge in [-0.3, -0.25) is 4.18 Å². The van der Waals surface area contributed by atoms with E-state index < -0.39 is 10.1 Å². The van der Waals surface area contributed by atoms with Crippen LogP contribution >= 0.6 is 0 Å². The van der Waals surface area contributed by atoms with E-state index in [2.05, 4.69) is 0 Å². The van der Waals surface area contributed by atoms with Crippen LogP contribution in [-0.2, 0) is 19.0 Å². The largest absolute Gasteiger partial charge is 0.372 e. The Hall–Kier alpha value is -0.910. The molecule has 20 heavy (non-hydrogen) atoms. The second kappa shape index (κ2) is 5.13. The van der Waals surface area contributed by atoms with Crippen molar-refractivity contribution in [2.45, 2.75) is 55.6 Å². The van der Waals surface area contributed by atoms with Gasteiger partial charge in [0.05, 0.1) is 17.1 Å². The van der Waals surface area contributed by atoms with E-state index >= 15 is 0 Å². The van der Waals surface area contributed by atoms with Gasteiger partial charge in [0.25, 0.3) is 10.1 Å². The van der Waals surface area contributed by atoms with Gasteiger partial charge >= 0.3 is 0 Å². The van der Waals surface area contributed by atoms with Crippen LogP contribution in [0.15, 0.2) is 29.2 Å². The molecule has 1 spiro atoms. The Bertz CT molecular complexity index is 562. The number of hydrogen-bond donors (Lipinski definition) is 0. The van der Waals surface area contributed by atoms with Crippen molar-refractivity contribution in [1.29, 1.82) is 0 Å². The quantitative estimate of drug-likeness (QED) is 0.805. The fraction of sp³-hybridized carbons (Fsp3) is 0.600. The Labute approximate surface area is 120 Å². The average Bonchev–Trinajstić information content (AvgIpc) is 2.38. The van der Waals surface area contributed by atoms with E-state index in [-0.39, 0.29) is 16.6 Å². The van der Waals surface area contributed by atoms with Gasteiger partial charge in [0, 0.05) is 0 Å². The molecule has 3 rings (SSSR count). The lowest BCUT2D eigenvalue weighted by molar-refractivity contribution is -0.155. The van der Waals surface area contributed by atoms with Crippen LogP contribution in [0.3, 0.4) is 0 Å². The molecule has 1 unspecified atom stereocenters. The molecule has 0 bridgehead atoms. The number of rotatable bonds is 3. The third-order valence-corrected chi connectivity index (χ3v) is 5.71. The summed E-state index contributed by atoms with van der Waals surface area (Å²) in [6.45, 7) is 2.30. The average molecular weight is 296 g/mol. The van der Waals surface area contributed by atoms with Gasteiger partial charge in [-0.15, -0.1) is 0 Å². The Morgan fingerprint density at radius 2 is 1.90 bits per heavy atom. The summed E-state index contributed by atoms with van der Waals surface area (Å²) in [5.41, 5.74) is 1.06. The molecule has 1 saturated carbocycles. The van der Waals surface area contributed by atoms with Crippen LogP contribution in [0.25, 0.3) is 0 Å². The maximum absolute atomic E-state index is 12.2. The van der Waals surface area contributed by atoms with Gasteiger partial charge in [-0.1, -0.05) is 17.7 Å². The lowest BCUT2D eigenvalue weighted by Gasteiger charge is -2.46. The molecule has 110 valence electrons. The van der Waals surface area contributed by atoms with Gasteiger partial charge in [0.1, 0.15) is 6.10 Å². The molecule has 0 N–H and O–H groups in total. The molecule has 1 aliphatic heterocycles. The first-order chi connectivity index (χ1) is 9.49. The molecule has 1 heterocycles. The number of hydrogen-bond acceptors (Lipinski definition) is 4. The Morgan fingerprint density at radius 3 is 2.40 bits per heavy atom. The van der Waals surface area contributed by atoms with Crippen molar-refractivity contribution >= 4 is 10.1 Å². The highest BCUT2D eigenvalue weighted by molar-refractivity contribution is 7.86. The van der Waals surface area contributed by atoms with Crippen molar-refractivity contribution in [2.24, 2.45) is 0 Å². The maximum Gasteiger partial charge on any atom is 0.297 e. The van der Waals surface area contributed by atoms with E-state index in [1.165, 1.54) is 6.42 Å². The van der Waals surface area contributed by atoms with Gasteiger partial charge in [-0.2, -0.15) is 8.42 Å². The van der Waals surface area contributed by atoms with Gasteiger partial charge in [0.15, 0.2) is 0 Å². The molecule has 5 heteroatoms. The summed E-state index contributed by atoms with van der Waals surface area (Å²) in [4.78, 5) is 0.215. The van der Waals surface area contributed by atoms with Crippen LogP contribution in [0.4, 0.5) is 0 Å². The lowest BCUT2D eigenvalue weighted by Crippen LogP contribution is -2.47. The van der Waals surface area contributed by atoms with Crippen molar-refractivity contribution in [1.82, 2.24) is 0 Å². The standard InChI is InChI=1S/C15H20O4S/c1-12-3-5-14(6-4-12)20(16,17)19-13-7-10-15(18-11-13)8-2-9-15/h3-6,13H,2,7-11H2,1H3. The molecule has 1 aliphatic carbocycles. The van der Waals surface area contributed by atoms with E-state index in [0.717, 1.165) is 31.2 Å². The van der Waals surface area contributed by atoms with Crippen molar-refractivity contribution < 1.29 is 17.3 Å². The molecule has 2 fully saturated rings. The summed E-state index contributed by atoms with van der Waals surface area (Å²) < 4.78 is 35.5. The van der Waals surface area contributed by atoms with Crippen molar-refractivity contribution in [3.63, 3.8) is 0 Å². The van der Waals surface area contributed by atoms with Crippen LogP contribution < -0.4 is 0 Å². The number of ether oxygens (including phenoxy) is 1. The van der Waals surface area contributed by atoms with Gasteiger partial charge in [0.2, 0.25) is 0 Å². The summed E-state index contributed by atoms with van der Waals surface area (Å²) in [5.74, 6) is 0. The zero-order valence-electron chi connectivity index (χ0n) is 11.7. The predicted octanol–water partition coefficient (Wildman–Crippen LogP) is 2.80. The molecular weight excluding hydrogens is 276 g/mol. The number of aryl methyl sites for hydroxylation is 1. The molecule has 0 aromatic heterocycles. The fourth-order valence-corrected chi connectivity index (χ4v) is 3.92. The van der Waals surface area contributed by atoms with Crippen LogP contribution in [0.5, 0.6) is 0 Å². The second-order valence-electron chi connectivity index (χ2n) is 5.87. The van der Waals surface area contributed by atoms with E-state index in [1.807, 2.05) is 6.92 Å². The molecule has 1 saturated heterocycles.